The van der Waals surface area contributed by atoms with Crippen LogP contribution < -0.4 is 10.6 Å². The number of anilines is 1. The van der Waals surface area contributed by atoms with Crippen molar-refractivity contribution < 1.29 is 0 Å². The Morgan fingerprint density at radius 1 is 1.14 bits per heavy atom. The third-order valence-corrected chi connectivity index (χ3v) is 3.90. The summed E-state index contributed by atoms with van der Waals surface area (Å²) in [6, 6.07) is 16.1. The van der Waals surface area contributed by atoms with E-state index in [4.69, 9.17) is 23.8 Å². The lowest BCUT2D eigenvalue weighted by Crippen LogP contribution is -2.31. The van der Waals surface area contributed by atoms with Gasteiger partial charge >= 0.3 is 0 Å². The summed E-state index contributed by atoms with van der Waals surface area (Å²) in [5, 5.41) is 7.77. The summed E-state index contributed by atoms with van der Waals surface area (Å²) in [6.45, 7) is 4.18. The van der Waals surface area contributed by atoms with Gasteiger partial charge in [-0.2, -0.15) is 0 Å². The Kier molecular flexibility index (Phi) is 5.59. The van der Waals surface area contributed by atoms with Crippen molar-refractivity contribution in [3.63, 3.8) is 0 Å². The lowest BCUT2D eigenvalue weighted by Gasteiger charge is -2.18. The van der Waals surface area contributed by atoms with E-state index >= 15 is 0 Å². The van der Waals surface area contributed by atoms with E-state index in [-0.39, 0.29) is 6.04 Å². The molecule has 0 radical (unpaired) electrons. The summed E-state index contributed by atoms with van der Waals surface area (Å²) in [4.78, 5) is 0. The lowest BCUT2D eigenvalue weighted by atomic mass is 10.1. The number of rotatable bonds is 4. The SMILES string of the molecule is CCc1ccc(NC(=S)N[C@@H](C)c2ccccc2Cl)cc1. The van der Waals surface area contributed by atoms with Gasteiger partial charge in [0.15, 0.2) is 5.11 Å². The maximum atomic E-state index is 6.19. The Morgan fingerprint density at radius 3 is 2.43 bits per heavy atom. The third kappa shape index (κ3) is 4.45. The van der Waals surface area contributed by atoms with Gasteiger partial charge in [0.05, 0.1) is 6.04 Å². The number of aryl methyl sites for hydroxylation is 1. The van der Waals surface area contributed by atoms with Crippen LogP contribution in [0.4, 0.5) is 5.69 Å². The summed E-state index contributed by atoms with van der Waals surface area (Å²) in [5.74, 6) is 0. The molecule has 0 amide bonds. The number of thiocarbonyl (C=S) groups is 1. The van der Waals surface area contributed by atoms with Crippen molar-refractivity contribution in [3.05, 3.63) is 64.7 Å². The van der Waals surface area contributed by atoms with Crippen LogP contribution in [0.3, 0.4) is 0 Å². The van der Waals surface area contributed by atoms with Gasteiger partial charge < -0.3 is 10.6 Å². The molecule has 2 N–H and O–H groups in total. The molecule has 2 aromatic rings. The number of nitrogens with one attached hydrogen (secondary N) is 2. The van der Waals surface area contributed by atoms with Crippen molar-refractivity contribution in [3.8, 4) is 0 Å². The third-order valence-electron chi connectivity index (χ3n) is 3.34. The highest BCUT2D eigenvalue weighted by atomic mass is 35.5. The quantitative estimate of drug-likeness (QED) is 0.780. The van der Waals surface area contributed by atoms with Crippen LogP contribution in [0.2, 0.25) is 5.02 Å². The molecule has 0 unspecified atom stereocenters. The maximum absolute atomic E-state index is 6.19. The highest BCUT2D eigenvalue weighted by Crippen LogP contribution is 2.22. The minimum Gasteiger partial charge on any atom is -0.356 e. The molecule has 0 saturated heterocycles. The fraction of sp³-hybridized carbons (Fsp3) is 0.235. The van der Waals surface area contributed by atoms with E-state index in [1.165, 1.54) is 5.56 Å². The Bertz CT molecular complexity index is 610. The molecule has 0 bridgehead atoms. The lowest BCUT2D eigenvalue weighted by molar-refractivity contribution is 0.723. The van der Waals surface area contributed by atoms with Crippen LogP contribution in [0.25, 0.3) is 0 Å². The molecule has 21 heavy (non-hydrogen) atoms. The predicted octanol–water partition coefficient (Wildman–Crippen LogP) is 4.95. The minimum absolute atomic E-state index is 0.0496. The van der Waals surface area contributed by atoms with Gasteiger partial charge in [-0.15, -0.1) is 0 Å². The highest BCUT2D eigenvalue weighted by molar-refractivity contribution is 7.80. The van der Waals surface area contributed by atoms with Crippen LogP contribution in [0.5, 0.6) is 0 Å². The van der Waals surface area contributed by atoms with E-state index in [2.05, 4.69) is 29.7 Å². The number of hydrogen-bond donors (Lipinski definition) is 2. The molecule has 0 aliphatic rings. The van der Waals surface area contributed by atoms with Gasteiger partial charge in [-0.1, -0.05) is 48.9 Å². The van der Waals surface area contributed by atoms with Gasteiger partial charge in [0.2, 0.25) is 0 Å². The second-order valence-electron chi connectivity index (χ2n) is 4.89. The molecule has 0 aromatic heterocycles. The van der Waals surface area contributed by atoms with Crippen LogP contribution in [0.15, 0.2) is 48.5 Å². The first-order valence-electron chi connectivity index (χ1n) is 7.01. The number of halogens is 1. The van der Waals surface area contributed by atoms with Crippen molar-refractivity contribution in [2.45, 2.75) is 26.3 Å². The van der Waals surface area contributed by atoms with Crippen LogP contribution in [0.1, 0.15) is 31.0 Å². The van der Waals surface area contributed by atoms with Crippen molar-refractivity contribution in [2.24, 2.45) is 0 Å². The largest absolute Gasteiger partial charge is 0.356 e. The molecule has 0 aliphatic carbocycles. The highest BCUT2D eigenvalue weighted by Gasteiger charge is 2.10. The monoisotopic (exact) mass is 318 g/mol. The summed E-state index contributed by atoms with van der Waals surface area (Å²) in [5.41, 5.74) is 3.32. The maximum Gasteiger partial charge on any atom is 0.171 e. The molecule has 0 fully saturated rings. The van der Waals surface area contributed by atoms with E-state index in [1.807, 2.05) is 43.3 Å². The second-order valence-corrected chi connectivity index (χ2v) is 5.71. The number of benzene rings is 2. The molecule has 110 valence electrons. The van der Waals surface area contributed by atoms with E-state index in [1.54, 1.807) is 0 Å². The zero-order valence-electron chi connectivity index (χ0n) is 12.2. The van der Waals surface area contributed by atoms with Crippen LogP contribution in [-0.4, -0.2) is 5.11 Å². The Labute approximate surface area is 136 Å². The van der Waals surface area contributed by atoms with E-state index in [9.17, 15) is 0 Å². The second kappa shape index (κ2) is 7.43. The Morgan fingerprint density at radius 2 is 1.81 bits per heavy atom. The fourth-order valence-electron chi connectivity index (χ4n) is 2.09. The van der Waals surface area contributed by atoms with Gasteiger partial charge in [0.1, 0.15) is 0 Å². The molecular weight excluding hydrogens is 300 g/mol. The molecule has 0 spiro atoms. The van der Waals surface area contributed by atoms with Crippen molar-refractivity contribution in [2.75, 3.05) is 5.32 Å². The first-order valence-corrected chi connectivity index (χ1v) is 7.79. The van der Waals surface area contributed by atoms with Gasteiger partial charge in [0.25, 0.3) is 0 Å². The fourth-order valence-corrected chi connectivity index (χ4v) is 2.69. The van der Waals surface area contributed by atoms with Gasteiger partial charge in [-0.05, 0) is 54.9 Å². The standard InChI is InChI=1S/C17H19ClN2S/c1-3-13-8-10-14(11-9-13)20-17(21)19-12(2)15-6-4-5-7-16(15)18/h4-12H,3H2,1-2H3,(H2,19,20,21)/t12-/m0/s1. The average Bonchev–Trinajstić information content (AvgIpc) is 2.48. The smallest absolute Gasteiger partial charge is 0.171 e. The van der Waals surface area contributed by atoms with Crippen molar-refractivity contribution >= 4 is 34.6 Å². The molecule has 0 aliphatic heterocycles. The predicted molar refractivity (Wildman–Crippen MR) is 95.0 cm³/mol. The zero-order chi connectivity index (χ0) is 15.2. The van der Waals surface area contributed by atoms with Gasteiger partial charge in [0, 0.05) is 10.7 Å². The zero-order valence-corrected chi connectivity index (χ0v) is 13.8. The molecule has 4 heteroatoms. The molecular formula is C17H19ClN2S. The normalized spacial score (nSPS) is 11.8. The van der Waals surface area contributed by atoms with Crippen molar-refractivity contribution in [1.29, 1.82) is 0 Å². The van der Waals surface area contributed by atoms with Gasteiger partial charge in [-0.25, -0.2) is 0 Å². The first-order chi connectivity index (χ1) is 10.1. The molecule has 1 atom stereocenters. The van der Waals surface area contributed by atoms with Gasteiger partial charge in [-0.3, -0.25) is 0 Å². The summed E-state index contributed by atoms with van der Waals surface area (Å²) in [7, 11) is 0. The van der Waals surface area contributed by atoms with Crippen molar-refractivity contribution in [1.82, 2.24) is 5.32 Å². The summed E-state index contributed by atoms with van der Waals surface area (Å²) in [6.07, 6.45) is 1.03. The summed E-state index contributed by atoms with van der Waals surface area (Å²) < 4.78 is 0. The van der Waals surface area contributed by atoms with Crippen LogP contribution in [-0.2, 0) is 6.42 Å². The number of hydrogen-bond acceptors (Lipinski definition) is 1. The average molecular weight is 319 g/mol. The minimum atomic E-state index is 0.0496. The van der Waals surface area contributed by atoms with E-state index < -0.39 is 0 Å². The molecule has 0 saturated carbocycles. The first kappa shape index (κ1) is 15.8. The van der Waals surface area contributed by atoms with Crippen LogP contribution in [0, 0.1) is 0 Å². The molecule has 2 rings (SSSR count). The van der Waals surface area contributed by atoms with E-state index in [0.29, 0.717) is 5.11 Å². The molecule has 2 aromatic carbocycles. The topological polar surface area (TPSA) is 24.1 Å². The van der Waals surface area contributed by atoms with E-state index in [0.717, 1.165) is 22.7 Å². The Balaban J connectivity index is 1.96. The van der Waals surface area contributed by atoms with Crippen LogP contribution >= 0.6 is 23.8 Å². The Hall–Kier alpha value is -1.58. The molecule has 0 heterocycles. The summed E-state index contributed by atoms with van der Waals surface area (Å²) >= 11 is 11.5. The molecule has 2 nitrogen and oxygen atoms in total.